The van der Waals surface area contributed by atoms with Gasteiger partial charge in [0.05, 0.1) is 41.0 Å². The molecule has 14 nitrogen and oxygen atoms in total. The summed E-state index contributed by atoms with van der Waals surface area (Å²) in [6.07, 6.45) is 4.90. The molecule has 0 bridgehead atoms. The Morgan fingerprint density at radius 3 is 2.40 bits per heavy atom. The number of imidazole rings is 1. The third-order valence-corrected chi connectivity index (χ3v) is 15.8. The number of amides is 5. The molecule has 2 saturated heterocycles. The third-order valence-electron chi connectivity index (χ3n) is 13.0. The van der Waals surface area contributed by atoms with Crippen LogP contribution in [-0.2, 0) is 48.6 Å². The molecule has 3 aliphatic heterocycles. The molecule has 4 aromatic rings. The van der Waals surface area contributed by atoms with Crippen molar-refractivity contribution in [2.45, 2.75) is 116 Å². The van der Waals surface area contributed by atoms with Gasteiger partial charge in [0.25, 0.3) is 5.91 Å². The predicted octanol–water partition coefficient (Wildman–Crippen LogP) is 7.07. The number of piperidine rings is 2. The second-order valence-corrected chi connectivity index (χ2v) is 21.9. The lowest BCUT2D eigenvalue weighted by molar-refractivity contribution is -0.158. The lowest BCUT2D eigenvalue weighted by Gasteiger charge is -2.53. The van der Waals surface area contributed by atoms with Crippen molar-refractivity contribution in [3.8, 4) is 0 Å². The molecule has 3 aliphatic rings. The Morgan fingerprint density at radius 2 is 1.71 bits per heavy atom. The predicted molar refractivity (Wildman–Crippen MR) is 250 cm³/mol. The molecule has 5 atom stereocenters. The van der Waals surface area contributed by atoms with E-state index in [2.05, 4.69) is 20.9 Å². The van der Waals surface area contributed by atoms with Crippen LogP contribution in [-0.4, -0.2) is 86.9 Å². The van der Waals surface area contributed by atoms with Gasteiger partial charge in [-0.2, -0.15) is 0 Å². The van der Waals surface area contributed by atoms with Crippen LogP contribution < -0.4 is 16.0 Å². The number of imide groups is 1. The van der Waals surface area contributed by atoms with Crippen molar-refractivity contribution in [3.63, 3.8) is 0 Å². The summed E-state index contributed by atoms with van der Waals surface area (Å²) < 4.78 is 29.1. The SMILES string of the molecule is CC(C)C(CS(=O)(=O)C(C)C)N1C(=O)[C@@](C)(CC(=O)NCCCn2cnc(CNc3cccc4c3CN(C3CCC(=O)NC3=O)C4=O)c2)C[C@H](c2cccc(Cl)c2)[C@H]1c1ccc(Cl)cc1. The number of likely N-dealkylation sites (tertiary alicyclic amines) is 1. The fourth-order valence-corrected chi connectivity index (χ4v) is 11.1. The highest BCUT2D eigenvalue weighted by Crippen LogP contribution is 2.52. The first kappa shape index (κ1) is 47.7. The van der Waals surface area contributed by atoms with Crippen molar-refractivity contribution < 1.29 is 32.4 Å². The monoisotopic (exact) mass is 945 g/mol. The molecule has 0 aliphatic carbocycles. The van der Waals surface area contributed by atoms with Crippen LogP contribution >= 0.6 is 23.2 Å². The number of anilines is 1. The van der Waals surface area contributed by atoms with E-state index in [-0.39, 0.29) is 67.0 Å². The number of halogens is 2. The summed E-state index contributed by atoms with van der Waals surface area (Å²) in [6.45, 7) is 10.5. The zero-order valence-electron chi connectivity index (χ0n) is 37.4. The molecule has 1 aromatic heterocycles. The van der Waals surface area contributed by atoms with Crippen molar-refractivity contribution in [1.29, 1.82) is 0 Å². The molecule has 17 heteroatoms. The normalized spacial score (nSPS) is 21.8. The van der Waals surface area contributed by atoms with Crippen LogP contribution in [0, 0.1) is 11.3 Å². The van der Waals surface area contributed by atoms with Gasteiger partial charge in [0.2, 0.25) is 23.6 Å². The third kappa shape index (κ3) is 10.6. The van der Waals surface area contributed by atoms with Gasteiger partial charge in [0.15, 0.2) is 9.84 Å². The van der Waals surface area contributed by atoms with Crippen LogP contribution in [0.2, 0.25) is 10.0 Å². The van der Waals surface area contributed by atoms with Crippen LogP contribution in [0.1, 0.15) is 111 Å². The molecule has 4 heterocycles. The highest BCUT2D eigenvalue weighted by molar-refractivity contribution is 7.92. The first-order valence-electron chi connectivity index (χ1n) is 22.2. The number of hydrogen-bond acceptors (Lipinski definition) is 9. The van der Waals surface area contributed by atoms with Gasteiger partial charge in [0.1, 0.15) is 6.04 Å². The largest absolute Gasteiger partial charge is 0.379 e. The summed E-state index contributed by atoms with van der Waals surface area (Å²) in [6, 6.07) is 18.3. The summed E-state index contributed by atoms with van der Waals surface area (Å²) >= 11 is 12.9. The number of fused-ring (bicyclic) bond motifs is 1. The highest BCUT2D eigenvalue weighted by Gasteiger charge is 2.53. The lowest BCUT2D eigenvalue weighted by atomic mass is 9.66. The lowest BCUT2D eigenvalue weighted by Crippen LogP contribution is -2.59. The Labute approximate surface area is 390 Å². The Morgan fingerprint density at radius 1 is 0.969 bits per heavy atom. The van der Waals surface area contributed by atoms with Crippen LogP contribution in [0.15, 0.2) is 79.3 Å². The smallest absolute Gasteiger partial charge is 0.255 e. The number of sulfone groups is 1. The standard InChI is InChI=1S/C48H57Cl2N7O7S/c1-29(2)41(27-65(63,64)30(3)4)57-44(31-13-15-33(49)16-14-31)37(32-9-6-10-34(50)21-32)22-48(5,47(57)62)23-43(59)51-19-8-20-55-25-35(53-28-55)24-52-39-12-7-11-36-38(39)26-56(46(36)61)40-17-18-42(58)54-45(40)60/h6-7,9-16,21,25,28-30,37,40-41,44,52H,8,17-20,22-24,26-27H2,1-5H3,(H,51,59)(H,54,58,60)/t37-,40?,41?,44-,48-/m1/s1. The van der Waals surface area contributed by atoms with E-state index in [0.717, 1.165) is 28.1 Å². The molecule has 7 rings (SSSR count). The second-order valence-electron chi connectivity index (χ2n) is 18.4. The topological polar surface area (TPSA) is 180 Å². The molecular formula is C48H57Cl2N7O7S. The van der Waals surface area contributed by atoms with Gasteiger partial charge in [-0.3, -0.25) is 29.3 Å². The summed E-state index contributed by atoms with van der Waals surface area (Å²) in [4.78, 5) is 74.3. The molecule has 0 saturated carbocycles. The number of aromatic nitrogens is 2. The minimum absolute atomic E-state index is 0.102. The summed E-state index contributed by atoms with van der Waals surface area (Å²) in [5.41, 5.74) is 3.33. The molecule has 0 radical (unpaired) electrons. The average Bonchev–Trinajstić information content (AvgIpc) is 3.85. The molecule has 0 spiro atoms. The van der Waals surface area contributed by atoms with Crippen LogP contribution in [0.5, 0.6) is 0 Å². The molecule has 2 fully saturated rings. The Balaban J connectivity index is 1.01. The first-order chi connectivity index (χ1) is 30.8. The number of aryl methyl sites for hydroxylation is 1. The molecule has 3 aromatic carbocycles. The van der Waals surface area contributed by atoms with E-state index in [9.17, 15) is 27.6 Å². The van der Waals surface area contributed by atoms with E-state index in [1.165, 1.54) is 4.90 Å². The van der Waals surface area contributed by atoms with E-state index < -0.39 is 44.5 Å². The number of hydrogen-bond donors (Lipinski definition) is 3. The van der Waals surface area contributed by atoms with Gasteiger partial charge in [-0.1, -0.05) is 74.3 Å². The number of carbonyl (C=O) groups excluding carboxylic acids is 5. The second kappa shape index (κ2) is 19.7. The van der Waals surface area contributed by atoms with Gasteiger partial charge in [-0.15, -0.1) is 0 Å². The molecule has 2 unspecified atom stereocenters. The summed E-state index contributed by atoms with van der Waals surface area (Å²) in [5.74, 6) is -2.39. The summed E-state index contributed by atoms with van der Waals surface area (Å²) in [5, 5.41) is 9.17. The van der Waals surface area contributed by atoms with Gasteiger partial charge in [-0.25, -0.2) is 13.4 Å². The maximum atomic E-state index is 15.2. The Kier molecular flexibility index (Phi) is 14.5. The van der Waals surface area contributed by atoms with Gasteiger partial charge in [-0.05, 0) is 86.6 Å². The zero-order chi connectivity index (χ0) is 46.8. The zero-order valence-corrected chi connectivity index (χ0v) is 39.7. The molecule has 3 N–H and O–H groups in total. The van der Waals surface area contributed by atoms with Crippen molar-refractivity contribution in [1.82, 2.24) is 30.0 Å². The minimum atomic E-state index is -3.60. The fourth-order valence-electron chi connectivity index (χ4n) is 9.40. The van der Waals surface area contributed by atoms with Crippen LogP contribution in [0.4, 0.5) is 5.69 Å². The maximum Gasteiger partial charge on any atom is 0.255 e. The van der Waals surface area contributed by atoms with Crippen molar-refractivity contribution in [3.05, 3.63) is 117 Å². The van der Waals surface area contributed by atoms with E-state index in [1.807, 2.05) is 67.9 Å². The summed E-state index contributed by atoms with van der Waals surface area (Å²) in [7, 11) is -3.60. The number of benzene rings is 3. The van der Waals surface area contributed by atoms with Crippen molar-refractivity contribution in [2.75, 3.05) is 17.6 Å². The number of carbonyl (C=O) groups is 5. The Hall–Kier alpha value is -5.25. The van der Waals surface area contributed by atoms with E-state index >= 15 is 4.79 Å². The highest BCUT2D eigenvalue weighted by atomic mass is 35.5. The fraction of sp³-hybridized carbons (Fsp3) is 0.458. The van der Waals surface area contributed by atoms with Gasteiger partial charge < -0.3 is 25.0 Å². The van der Waals surface area contributed by atoms with E-state index in [0.29, 0.717) is 48.1 Å². The molecule has 65 heavy (non-hydrogen) atoms. The average molecular weight is 947 g/mol. The number of rotatable bonds is 17. The Bertz CT molecular complexity index is 2570. The van der Waals surface area contributed by atoms with Crippen LogP contribution in [0.3, 0.4) is 0 Å². The maximum absolute atomic E-state index is 15.2. The van der Waals surface area contributed by atoms with Crippen LogP contribution in [0.25, 0.3) is 0 Å². The van der Waals surface area contributed by atoms with Crippen molar-refractivity contribution >= 4 is 68.3 Å². The molecule has 5 amide bonds. The van der Waals surface area contributed by atoms with Gasteiger partial charge in [0, 0.05) is 77.5 Å². The first-order valence-corrected chi connectivity index (χ1v) is 24.7. The van der Waals surface area contributed by atoms with E-state index in [1.54, 1.807) is 55.4 Å². The molecular weight excluding hydrogens is 890 g/mol. The van der Waals surface area contributed by atoms with Crippen molar-refractivity contribution in [2.24, 2.45) is 11.3 Å². The minimum Gasteiger partial charge on any atom is -0.379 e. The molecule has 346 valence electrons. The van der Waals surface area contributed by atoms with Gasteiger partial charge >= 0.3 is 0 Å². The number of nitrogens with zero attached hydrogens (tertiary/aromatic N) is 4. The van der Waals surface area contributed by atoms with E-state index in [4.69, 9.17) is 23.2 Å². The quantitative estimate of drug-likeness (QED) is 0.0738. The number of nitrogens with one attached hydrogen (secondary N) is 3.